The molecule has 1 aromatic rings. The van der Waals surface area contributed by atoms with Gasteiger partial charge in [0.15, 0.2) is 0 Å². The van der Waals surface area contributed by atoms with Crippen molar-refractivity contribution in [3.63, 3.8) is 0 Å². The summed E-state index contributed by atoms with van der Waals surface area (Å²) in [6, 6.07) is 0. The zero-order chi connectivity index (χ0) is 6.53. The molecule has 0 amide bonds. The number of nitrogens with two attached hydrogens (primary N) is 1. The number of H-pyrrole nitrogens is 1. The Morgan fingerprint density at radius 2 is 2.18 bits per heavy atom. The van der Waals surface area contributed by atoms with Crippen molar-refractivity contribution in [2.45, 2.75) is 12.8 Å². The molecule has 11 heavy (non-hydrogen) atoms. The average molecular weight is 199 g/mol. The maximum Gasteiger partial charge on any atom is 0.137 e. The van der Waals surface area contributed by atoms with E-state index < -0.39 is 0 Å². The van der Waals surface area contributed by atoms with Gasteiger partial charge in [-0.05, 0) is 13.0 Å². The van der Waals surface area contributed by atoms with Crippen LogP contribution in [0.15, 0.2) is 6.33 Å². The van der Waals surface area contributed by atoms with E-state index in [1.54, 1.807) is 0 Å². The summed E-state index contributed by atoms with van der Waals surface area (Å²) < 4.78 is 0. The molecule has 0 aromatic carbocycles. The molecule has 0 aliphatic rings. The highest BCUT2D eigenvalue weighted by Crippen LogP contribution is 1.89. The number of rotatable bonds is 3. The van der Waals surface area contributed by atoms with Crippen LogP contribution in [0.1, 0.15) is 12.2 Å². The summed E-state index contributed by atoms with van der Waals surface area (Å²) in [5, 5.41) is 6.45. The van der Waals surface area contributed by atoms with Crippen LogP contribution in [0.2, 0.25) is 0 Å². The van der Waals surface area contributed by atoms with Gasteiger partial charge in [0.1, 0.15) is 12.2 Å². The van der Waals surface area contributed by atoms with Crippen molar-refractivity contribution in [2.75, 3.05) is 6.54 Å². The molecular weight excluding hydrogens is 187 g/mol. The van der Waals surface area contributed by atoms with E-state index in [-0.39, 0.29) is 24.8 Å². The number of nitrogens with one attached hydrogen (secondary N) is 1. The Kier molecular flexibility index (Phi) is 9.40. The predicted molar refractivity (Wildman–Crippen MR) is 48.3 cm³/mol. The second-order valence-electron chi connectivity index (χ2n) is 1.82. The highest BCUT2D eigenvalue weighted by molar-refractivity contribution is 5.85. The van der Waals surface area contributed by atoms with Crippen LogP contribution in [0.5, 0.6) is 0 Å². The number of aromatic amines is 1. The van der Waals surface area contributed by atoms with E-state index in [1.165, 1.54) is 6.33 Å². The Labute approximate surface area is 77.8 Å². The molecule has 0 radical (unpaired) electrons. The molecule has 3 N–H and O–H groups in total. The lowest BCUT2D eigenvalue weighted by Gasteiger charge is -1.89. The van der Waals surface area contributed by atoms with Crippen molar-refractivity contribution in [1.29, 1.82) is 0 Å². The Balaban J connectivity index is 0. The van der Waals surface area contributed by atoms with E-state index in [9.17, 15) is 0 Å². The number of hydrogen-bond donors (Lipinski definition) is 2. The largest absolute Gasteiger partial charge is 0.330 e. The first kappa shape index (κ1) is 13.3. The lowest BCUT2D eigenvalue weighted by atomic mass is 10.3. The van der Waals surface area contributed by atoms with Gasteiger partial charge in [0.25, 0.3) is 0 Å². The van der Waals surface area contributed by atoms with Gasteiger partial charge in [-0.3, -0.25) is 5.10 Å². The fourth-order valence-corrected chi connectivity index (χ4v) is 0.621. The molecule has 0 atom stereocenters. The van der Waals surface area contributed by atoms with E-state index >= 15 is 0 Å². The van der Waals surface area contributed by atoms with Crippen LogP contribution in [0, 0.1) is 0 Å². The van der Waals surface area contributed by atoms with E-state index in [1.807, 2.05) is 0 Å². The molecule has 4 nitrogen and oxygen atoms in total. The molecule has 6 heteroatoms. The maximum absolute atomic E-state index is 5.28. The fraction of sp³-hybridized carbons (Fsp3) is 0.600. The molecule has 0 saturated heterocycles. The summed E-state index contributed by atoms with van der Waals surface area (Å²) in [6.07, 6.45) is 3.37. The van der Waals surface area contributed by atoms with Crippen molar-refractivity contribution in [2.24, 2.45) is 5.73 Å². The average Bonchev–Trinajstić information content (AvgIpc) is 2.34. The number of hydrogen-bond acceptors (Lipinski definition) is 3. The second-order valence-corrected chi connectivity index (χ2v) is 1.82. The summed E-state index contributed by atoms with van der Waals surface area (Å²) in [5.41, 5.74) is 5.28. The number of nitrogens with zero attached hydrogens (tertiary/aromatic N) is 2. The van der Waals surface area contributed by atoms with E-state index in [0.717, 1.165) is 18.7 Å². The normalized spacial score (nSPS) is 8.09. The van der Waals surface area contributed by atoms with Gasteiger partial charge in [0, 0.05) is 6.42 Å². The van der Waals surface area contributed by atoms with Crippen molar-refractivity contribution in [3.8, 4) is 0 Å². The van der Waals surface area contributed by atoms with Gasteiger partial charge >= 0.3 is 0 Å². The zero-order valence-corrected chi connectivity index (χ0v) is 7.62. The molecule has 0 fully saturated rings. The quantitative estimate of drug-likeness (QED) is 0.746. The lowest BCUT2D eigenvalue weighted by Crippen LogP contribution is -2.01. The van der Waals surface area contributed by atoms with Crippen molar-refractivity contribution >= 4 is 24.8 Å². The highest BCUT2D eigenvalue weighted by Gasteiger charge is 1.91. The minimum absolute atomic E-state index is 0. The first-order valence-corrected chi connectivity index (χ1v) is 2.98. The molecule has 1 rings (SSSR count). The molecule has 0 saturated carbocycles. The highest BCUT2D eigenvalue weighted by atomic mass is 35.5. The van der Waals surface area contributed by atoms with Crippen LogP contribution in [0.25, 0.3) is 0 Å². The van der Waals surface area contributed by atoms with Gasteiger partial charge in [-0.15, -0.1) is 24.8 Å². The van der Waals surface area contributed by atoms with Crippen LogP contribution >= 0.6 is 24.8 Å². The number of aromatic nitrogens is 3. The van der Waals surface area contributed by atoms with Crippen LogP contribution < -0.4 is 5.73 Å². The van der Waals surface area contributed by atoms with E-state index in [0.29, 0.717) is 6.54 Å². The molecule has 1 aromatic heterocycles. The molecule has 0 bridgehead atoms. The SMILES string of the molecule is Cl.Cl.NCCCc1ncn[nH]1. The Hall–Kier alpha value is -0.320. The topological polar surface area (TPSA) is 67.6 Å². The molecule has 0 aliphatic carbocycles. The van der Waals surface area contributed by atoms with Gasteiger partial charge < -0.3 is 5.73 Å². The molecular formula is C5H12Cl2N4. The molecule has 0 spiro atoms. The first-order valence-electron chi connectivity index (χ1n) is 2.98. The van der Waals surface area contributed by atoms with Crippen molar-refractivity contribution in [3.05, 3.63) is 12.2 Å². The van der Waals surface area contributed by atoms with Gasteiger partial charge in [-0.2, -0.15) is 5.10 Å². The van der Waals surface area contributed by atoms with Crippen molar-refractivity contribution < 1.29 is 0 Å². The van der Waals surface area contributed by atoms with Crippen LogP contribution in [-0.4, -0.2) is 21.7 Å². The monoisotopic (exact) mass is 198 g/mol. The maximum atomic E-state index is 5.28. The second kappa shape index (κ2) is 7.78. The third kappa shape index (κ3) is 5.01. The van der Waals surface area contributed by atoms with Crippen LogP contribution in [-0.2, 0) is 6.42 Å². The van der Waals surface area contributed by atoms with E-state index in [4.69, 9.17) is 5.73 Å². The van der Waals surface area contributed by atoms with Gasteiger partial charge in [-0.25, -0.2) is 4.98 Å². The molecule has 0 unspecified atom stereocenters. The van der Waals surface area contributed by atoms with Gasteiger partial charge in [-0.1, -0.05) is 0 Å². The Bertz CT molecular complexity index is 154. The molecule has 1 heterocycles. The predicted octanol–water partition coefficient (Wildman–Crippen LogP) is 0.540. The first-order chi connectivity index (χ1) is 4.43. The lowest BCUT2D eigenvalue weighted by molar-refractivity contribution is 0.785. The van der Waals surface area contributed by atoms with Gasteiger partial charge in [0.05, 0.1) is 0 Å². The summed E-state index contributed by atoms with van der Waals surface area (Å²) in [4.78, 5) is 3.93. The van der Waals surface area contributed by atoms with Gasteiger partial charge in [0.2, 0.25) is 0 Å². The third-order valence-electron chi connectivity index (χ3n) is 1.08. The number of halogens is 2. The molecule has 0 aliphatic heterocycles. The van der Waals surface area contributed by atoms with E-state index in [2.05, 4.69) is 15.2 Å². The minimum atomic E-state index is 0. The Morgan fingerprint density at radius 1 is 1.45 bits per heavy atom. The zero-order valence-electron chi connectivity index (χ0n) is 5.99. The Morgan fingerprint density at radius 3 is 2.64 bits per heavy atom. The summed E-state index contributed by atoms with van der Waals surface area (Å²) in [7, 11) is 0. The third-order valence-corrected chi connectivity index (χ3v) is 1.08. The van der Waals surface area contributed by atoms with Crippen LogP contribution in [0.4, 0.5) is 0 Å². The summed E-state index contributed by atoms with van der Waals surface area (Å²) >= 11 is 0. The molecule has 66 valence electrons. The van der Waals surface area contributed by atoms with Crippen molar-refractivity contribution in [1.82, 2.24) is 15.2 Å². The smallest absolute Gasteiger partial charge is 0.137 e. The summed E-state index contributed by atoms with van der Waals surface area (Å²) in [5.74, 6) is 0.917. The fourth-order valence-electron chi connectivity index (χ4n) is 0.621. The van der Waals surface area contributed by atoms with Crippen LogP contribution in [0.3, 0.4) is 0 Å². The minimum Gasteiger partial charge on any atom is -0.330 e. The summed E-state index contributed by atoms with van der Waals surface area (Å²) in [6.45, 7) is 0.709. The standard InChI is InChI=1S/C5H10N4.2ClH/c6-3-1-2-5-7-4-8-9-5;;/h4H,1-3,6H2,(H,7,8,9);2*1H. The number of aryl methyl sites for hydroxylation is 1.